The number of aliphatic hydroxyl groups is 2. The topological polar surface area (TPSA) is 448 Å². The van der Waals surface area contributed by atoms with E-state index < -0.39 is 127 Å². The van der Waals surface area contributed by atoms with Gasteiger partial charge >= 0.3 is 5.97 Å². The minimum atomic E-state index is -1.67. The molecule has 0 aliphatic carbocycles. The number of phenols is 1. The third-order valence-corrected chi connectivity index (χ3v) is 11.7. The van der Waals surface area contributed by atoms with Crippen LogP contribution in [0.1, 0.15) is 69.8 Å². The number of primary amides is 1. The predicted octanol–water partition coefficient (Wildman–Crippen LogP) is -5.02. The van der Waals surface area contributed by atoms with Crippen molar-refractivity contribution in [3.63, 3.8) is 0 Å². The Balaban J connectivity index is 1.48. The van der Waals surface area contributed by atoms with E-state index in [2.05, 4.69) is 57.2 Å². The molecule has 1 saturated heterocycles. The number of carbonyl (C=O) groups is 10. The summed E-state index contributed by atoms with van der Waals surface area (Å²) in [7, 11) is 0. The molecule has 4 rings (SSSR count). The average Bonchev–Trinajstić information content (AvgIpc) is 4.17. The van der Waals surface area contributed by atoms with Gasteiger partial charge in [0.1, 0.15) is 42.0 Å². The smallest absolute Gasteiger partial charge is 0.328 e. The molecule has 9 amide bonds. The maximum absolute atomic E-state index is 14.2. The van der Waals surface area contributed by atoms with Crippen LogP contribution in [0.25, 0.3) is 0 Å². The molecule has 404 valence electrons. The summed E-state index contributed by atoms with van der Waals surface area (Å²) < 4.78 is 0. The van der Waals surface area contributed by atoms with Crippen LogP contribution in [0, 0.1) is 5.92 Å². The van der Waals surface area contributed by atoms with Crippen molar-refractivity contribution in [1.29, 1.82) is 0 Å². The van der Waals surface area contributed by atoms with E-state index in [4.69, 9.17) is 11.5 Å². The first kappa shape index (κ1) is 58.6. The van der Waals surface area contributed by atoms with Crippen LogP contribution < -0.4 is 48.7 Å². The molecular weight excluding hydrogens is 973 g/mol. The molecule has 3 aromatic rings. The van der Waals surface area contributed by atoms with E-state index >= 15 is 0 Å². The van der Waals surface area contributed by atoms with Gasteiger partial charge in [0.25, 0.3) is 0 Å². The highest BCUT2D eigenvalue weighted by Gasteiger charge is 2.40. The van der Waals surface area contributed by atoms with Crippen LogP contribution in [0.2, 0.25) is 0 Å². The van der Waals surface area contributed by atoms with Crippen molar-refractivity contribution >= 4 is 59.1 Å². The van der Waals surface area contributed by atoms with Crippen LogP contribution in [0.3, 0.4) is 0 Å². The minimum absolute atomic E-state index is 0.0246. The molecule has 17 N–H and O–H groups in total. The molecule has 9 atom stereocenters. The summed E-state index contributed by atoms with van der Waals surface area (Å²) in [5.41, 5.74) is 12.4. The molecule has 28 nitrogen and oxygen atoms in total. The molecule has 1 aliphatic rings. The lowest BCUT2D eigenvalue weighted by atomic mass is 10.0. The number of aliphatic hydroxyl groups excluding tert-OH is 2. The van der Waals surface area contributed by atoms with E-state index in [1.807, 2.05) is 0 Å². The lowest BCUT2D eigenvalue weighted by molar-refractivity contribution is -0.146. The molecular formula is C46H66N14O14. The van der Waals surface area contributed by atoms with E-state index in [0.29, 0.717) is 23.4 Å². The molecule has 74 heavy (non-hydrogen) atoms. The number of hydrogen-bond acceptors (Lipinski definition) is 16. The number of nitrogens with zero attached hydrogens (tertiary/aromatic N) is 3. The van der Waals surface area contributed by atoms with Gasteiger partial charge in [-0.1, -0.05) is 26.0 Å². The van der Waals surface area contributed by atoms with E-state index in [-0.39, 0.29) is 63.2 Å². The minimum Gasteiger partial charge on any atom is -0.508 e. The van der Waals surface area contributed by atoms with Crippen LogP contribution in [0.15, 0.2) is 49.3 Å². The van der Waals surface area contributed by atoms with Crippen molar-refractivity contribution in [3.8, 4) is 5.75 Å². The summed E-state index contributed by atoms with van der Waals surface area (Å²) in [6, 6.07) is -5.55. The number of H-pyrrole nitrogens is 2. The third-order valence-electron chi connectivity index (χ3n) is 11.7. The molecule has 0 unspecified atom stereocenters. The summed E-state index contributed by atoms with van der Waals surface area (Å²) in [5.74, 6) is -9.41. The molecule has 2 aromatic heterocycles. The lowest BCUT2D eigenvalue weighted by Crippen LogP contribution is -2.60. The van der Waals surface area contributed by atoms with Crippen molar-refractivity contribution in [2.45, 2.75) is 127 Å². The summed E-state index contributed by atoms with van der Waals surface area (Å²) in [6.45, 7) is 2.99. The van der Waals surface area contributed by atoms with Crippen molar-refractivity contribution in [1.82, 2.24) is 62.1 Å². The Morgan fingerprint density at radius 1 is 0.743 bits per heavy atom. The quantitative estimate of drug-likeness (QED) is 0.0309. The first-order valence-electron chi connectivity index (χ1n) is 23.7. The number of hydrogen-bond donors (Lipinski definition) is 15. The fourth-order valence-electron chi connectivity index (χ4n) is 7.82. The first-order chi connectivity index (χ1) is 35.1. The number of nitrogens with two attached hydrogens (primary N) is 2. The maximum atomic E-state index is 14.2. The van der Waals surface area contributed by atoms with E-state index in [0.717, 1.165) is 4.90 Å². The molecule has 1 aromatic carbocycles. The van der Waals surface area contributed by atoms with Gasteiger partial charge in [-0.15, -0.1) is 0 Å². The molecule has 1 aliphatic heterocycles. The van der Waals surface area contributed by atoms with Gasteiger partial charge in [-0.05, 0) is 56.2 Å². The molecule has 0 saturated carbocycles. The van der Waals surface area contributed by atoms with E-state index in [9.17, 15) is 68.4 Å². The Morgan fingerprint density at radius 2 is 1.30 bits per heavy atom. The predicted molar refractivity (Wildman–Crippen MR) is 258 cm³/mol. The maximum Gasteiger partial charge on any atom is 0.328 e. The monoisotopic (exact) mass is 1040 g/mol. The lowest BCUT2D eigenvalue weighted by Gasteiger charge is -2.30. The number of aromatic hydroxyl groups is 1. The zero-order valence-electron chi connectivity index (χ0n) is 41.0. The number of carboxylic acid groups (broad SMARTS) is 1. The molecule has 3 heterocycles. The van der Waals surface area contributed by atoms with Gasteiger partial charge < -0.3 is 84.0 Å². The zero-order valence-corrected chi connectivity index (χ0v) is 41.0. The number of aromatic amines is 2. The van der Waals surface area contributed by atoms with Gasteiger partial charge in [-0.3, -0.25) is 43.2 Å². The van der Waals surface area contributed by atoms with Crippen molar-refractivity contribution in [2.75, 3.05) is 19.7 Å². The number of nitrogens with one attached hydrogen (secondary N) is 9. The van der Waals surface area contributed by atoms with Crippen molar-refractivity contribution in [3.05, 3.63) is 66.3 Å². The normalized spacial score (nSPS) is 16.5. The van der Waals surface area contributed by atoms with Crippen LogP contribution in [-0.4, -0.2) is 179 Å². The number of aliphatic carboxylic acids is 1. The molecule has 0 spiro atoms. The van der Waals surface area contributed by atoms with Gasteiger partial charge in [-0.25, -0.2) is 14.8 Å². The number of likely N-dealkylation sites (tertiary alicyclic amines) is 1. The van der Waals surface area contributed by atoms with Crippen molar-refractivity contribution in [2.24, 2.45) is 17.4 Å². The summed E-state index contributed by atoms with van der Waals surface area (Å²) in [4.78, 5) is 147. The number of phenolic OH excluding ortho intramolecular Hbond substituents is 1. The highest BCUT2D eigenvalue weighted by Crippen LogP contribution is 2.20. The number of carbonyl (C=O) groups excluding carboxylic acids is 9. The van der Waals surface area contributed by atoms with Crippen LogP contribution >= 0.6 is 0 Å². The van der Waals surface area contributed by atoms with Gasteiger partial charge in [0.15, 0.2) is 6.04 Å². The van der Waals surface area contributed by atoms with Gasteiger partial charge in [0.05, 0.1) is 38.0 Å². The number of benzene rings is 1. The van der Waals surface area contributed by atoms with Crippen molar-refractivity contribution < 1.29 is 68.4 Å². The van der Waals surface area contributed by atoms with Gasteiger partial charge in [0.2, 0.25) is 53.2 Å². The second kappa shape index (κ2) is 28.3. The average molecular weight is 1040 g/mol. The second-order valence-corrected chi connectivity index (χ2v) is 18.2. The Morgan fingerprint density at radius 3 is 1.80 bits per heavy atom. The van der Waals surface area contributed by atoms with E-state index in [1.165, 1.54) is 56.2 Å². The molecule has 0 radical (unpaired) electrons. The van der Waals surface area contributed by atoms with Gasteiger partial charge in [0, 0.05) is 56.0 Å². The Labute approximate surface area is 424 Å². The zero-order chi connectivity index (χ0) is 54.6. The number of imidazole rings is 2. The SMILES string of the molecule is CC(C)C[C@H](NC(=O)[C@@H]1CCCN1C(=O)[C@H](CO)NC(=O)CNC(=O)[C@H](Cc1ccc(O)cc1)NC(=O)[C@H](Cc1cnc[nH]1)NC(=O)[C@H](Cc1cnc[nH]1)NC(=O)[C@@H](N)CCC(N)=O)C(=O)N[C@H](C(=O)O)[C@@H](C)O. The third kappa shape index (κ3) is 18.3. The van der Waals surface area contributed by atoms with Crippen LogP contribution in [0.4, 0.5) is 0 Å². The van der Waals surface area contributed by atoms with Crippen LogP contribution in [0.5, 0.6) is 5.75 Å². The summed E-state index contributed by atoms with van der Waals surface area (Å²) in [5, 5.41) is 56.8. The molecule has 28 heteroatoms. The summed E-state index contributed by atoms with van der Waals surface area (Å²) in [6.07, 6.45) is 3.65. The Hall–Kier alpha value is -7.98. The number of carboxylic acids is 1. The Bertz CT molecular complexity index is 2400. The highest BCUT2D eigenvalue weighted by atomic mass is 16.4. The van der Waals surface area contributed by atoms with E-state index in [1.54, 1.807) is 13.8 Å². The fraction of sp³-hybridized carbons (Fsp3) is 0.522. The Kier molecular flexibility index (Phi) is 22.4. The molecule has 1 fully saturated rings. The van der Waals surface area contributed by atoms with Gasteiger partial charge in [-0.2, -0.15) is 0 Å². The van der Waals surface area contributed by atoms with Crippen LogP contribution in [-0.2, 0) is 67.2 Å². The second-order valence-electron chi connectivity index (χ2n) is 18.2. The number of amides is 9. The molecule has 0 bridgehead atoms. The fourth-order valence-corrected chi connectivity index (χ4v) is 7.82. The standard InChI is InChI=1S/C46H66N14O14/c1-23(2)13-30(43(70)59-38(24(3)62)46(73)74)58-44(71)35-5-4-12-60(35)45(72)34(20-61)54-37(65)19-51-40(67)31(14-25-6-8-28(63)9-7-25)56-42(69)33(16-27-18-50-22-53-27)57-41(68)32(15-26-17-49-21-52-26)55-39(66)29(47)10-11-36(48)64/h6-9,17-18,21-24,29-35,38,61-63H,4-5,10-16,19-20,47H2,1-3H3,(H2,48,64)(H,49,52)(H,50,53)(H,51,67)(H,54,65)(H,55,66)(H,56,69)(H,57,68)(H,58,71)(H,59,70)(H,73,74)/t24-,29+,30+,31+,32+,33+,34+,35+,38+/m1/s1. The first-order valence-corrected chi connectivity index (χ1v) is 23.7. The number of aromatic nitrogens is 4. The highest BCUT2D eigenvalue weighted by molar-refractivity contribution is 5.98. The largest absolute Gasteiger partial charge is 0.508 e. The summed E-state index contributed by atoms with van der Waals surface area (Å²) >= 11 is 0. The number of rotatable bonds is 29.